The van der Waals surface area contributed by atoms with Crippen molar-refractivity contribution in [1.29, 1.82) is 0 Å². The Morgan fingerprint density at radius 1 is 1.17 bits per heavy atom. The molecule has 6 heteroatoms. The lowest BCUT2D eigenvalue weighted by atomic mass is 9.80. The first-order valence-electron chi connectivity index (χ1n) is 11.3. The van der Waals surface area contributed by atoms with E-state index in [1.54, 1.807) is 0 Å². The molecule has 5 rings (SSSR count). The number of benzene rings is 1. The minimum absolute atomic E-state index is 0.0240. The molecule has 1 aromatic heterocycles. The maximum atomic E-state index is 12.9. The number of nitrogens with zero attached hydrogens (tertiary/aromatic N) is 3. The maximum absolute atomic E-state index is 12.9. The summed E-state index contributed by atoms with van der Waals surface area (Å²) in [6.07, 6.45) is 5.43. The highest BCUT2D eigenvalue weighted by atomic mass is 16.6. The predicted molar refractivity (Wildman–Crippen MR) is 116 cm³/mol. The van der Waals surface area contributed by atoms with Crippen LogP contribution in [-0.2, 0) is 17.6 Å². The van der Waals surface area contributed by atoms with Crippen LogP contribution in [0.3, 0.4) is 0 Å². The fourth-order valence-corrected chi connectivity index (χ4v) is 4.90. The van der Waals surface area contributed by atoms with Crippen LogP contribution in [0, 0.1) is 0 Å². The number of rotatable bonds is 2. The topological polar surface area (TPSA) is 59.4 Å². The molecule has 1 atom stereocenters. The predicted octanol–water partition coefficient (Wildman–Crippen LogP) is 4.12. The van der Waals surface area contributed by atoms with Crippen LogP contribution in [0.5, 0.6) is 0 Å². The van der Waals surface area contributed by atoms with E-state index in [0.717, 1.165) is 43.2 Å². The summed E-state index contributed by atoms with van der Waals surface area (Å²) >= 11 is 0. The molecular formula is C24H32N4O2. The van der Waals surface area contributed by atoms with E-state index >= 15 is 0 Å². The van der Waals surface area contributed by atoms with Gasteiger partial charge >= 0.3 is 6.09 Å². The Hall–Kier alpha value is -2.34. The number of ether oxygens (including phenoxy) is 1. The molecule has 2 aliphatic heterocycles. The first kappa shape index (κ1) is 19.6. The minimum Gasteiger partial charge on any atom is -0.444 e. The molecule has 6 nitrogen and oxygen atoms in total. The number of hydrogen-bond donors (Lipinski definition) is 1. The Morgan fingerprint density at radius 2 is 1.93 bits per heavy atom. The van der Waals surface area contributed by atoms with E-state index in [4.69, 9.17) is 9.84 Å². The van der Waals surface area contributed by atoms with E-state index in [1.165, 1.54) is 36.1 Å². The van der Waals surface area contributed by atoms with Crippen molar-refractivity contribution in [2.75, 3.05) is 19.6 Å². The molecule has 1 amide bonds. The molecule has 160 valence electrons. The average Bonchev–Trinajstić information content (AvgIpc) is 2.88. The molecule has 3 heterocycles. The van der Waals surface area contributed by atoms with Gasteiger partial charge in [0.1, 0.15) is 5.60 Å². The van der Waals surface area contributed by atoms with Crippen molar-refractivity contribution < 1.29 is 9.53 Å². The van der Waals surface area contributed by atoms with Crippen LogP contribution in [0.2, 0.25) is 0 Å². The van der Waals surface area contributed by atoms with Gasteiger partial charge in [0, 0.05) is 38.0 Å². The van der Waals surface area contributed by atoms with Gasteiger partial charge in [-0.15, -0.1) is 0 Å². The molecule has 1 aliphatic carbocycles. The molecule has 1 N–H and O–H groups in total. The molecule has 1 saturated carbocycles. The fraction of sp³-hybridized carbons (Fsp3) is 0.583. The molecule has 0 saturated heterocycles. The van der Waals surface area contributed by atoms with Crippen molar-refractivity contribution in [2.24, 2.45) is 0 Å². The molecule has 1 unspecified atom stereocenters. The summed E-state index contributed by atoms with van der Waals surface area (Å²) < 4.78 is 7.83. The van der Waals surface area contributed by atoms with Gasteiger partial charge in [0.2, 0.25) is 0 Å². The van der Waals surface area contributed by atoms with Gasteiger partial charge in [-0.1, -0.05) is 18.6 Å². The summed E-state index contributed by atoms with van der Waals surface area (Å²) in [4.78, 5) is 14.8. The molecule has 30 heavy (non-hydrogen) atoms. The van der Waals surface area contributed by atoms with E-state index in [2.05, 4.69) is 34.3 Å². The molecule has 2 aromatic rings. The molecule has 0 spiro atoms. The zero-order valence-corrected chi connectivity index (χ0v) is 18.3. The van der Waals surface area contributed by atoms with Crippen LogP contribution in [-0.4, -0.2) is 46.0 Å². The number of aromatic nitrogens is 2. The summed E-state index contributed by atoms with van der Waals surface area (Å²) in [5, 5.41) is 8.50. The van der Waals surface area contributed by atoms with Gasteiger partial charge in [-0.2, -0.15) is 5.10 Å². The lowest BCUT2D eigenvalue weighted by Gasteiger charge is -2.36. The highest BCUT2D eigenvalue weighted by molar-refractivity contribution is 5.70. The number of hydrogen-bond acceptors (Lipinski definition) is 4. The quantitative estimate of drug-likeness (QED) is 0.812. The Kier molecular flexibility index (Phi) is 4.85. The Balaban J connectivity index is 1.48. The summed E-state index contributed by atoms with van der Waals surface area (Å²) in [5.74, 6) is 0.740. The van der Waals surface area contributed by atoms with E-state index in [1.807, 2.05) is 25.7 Å². The number of nitrogens with one attached hydrogen (secondary N) is 1. The zero-order valence-electron chi connectivity index (χ0n) is 18.3. The van der Waals surface area contributed by atoms with Crippen LogP contribution in [0.25, 0.3) is 5.69 Å². The third kappa shape index (κ3) is 3.51. The van der Waals surface area contributed by atoms with Gasteiger partial charge in [0.15, 0.2) is 0 Å². The van der Waals surface area contributed by atoms with Crippen LogP contribution < -0.4 is 5.32 Å². The van der Waals surface area contributed by atoms with Gasteiger partial charge in [0.05, 0.1) is 23.1 Å². The summed E-state index contributed by atoms with van der Waals surface area (Å²) in [5.41, 5.74) is 5.65. The van der Waals surface area contributed by atoms with Crippen LogP contribution in [0.1, 0.15) is 74.5 Å². The SMILES string of the molecule is CC(C)(C)OC(=O)N1CCc2c3c(nn2-c2ccc(C4CCC4)cc2)CCNCC31. The monoisotopic (exact) mass is 408 g/mol. The summed E-state index contributed by atoms with van der Waals surface area (Å²) in [7, 11) is 0. The Bertz CT molecular complexity index is 937. The lowest BCUT2D eigenvalue weighted by molar-refractivity contribution is 0.0142. The van der Waals surface area contributed by atoms with Gasteiger partial charge in [-0.05, 0) is 57.2 Å². The standard InChI is InChI=1S/C24H32N4O2/c1-24(2,3)30-23(29)27-14-12-20-22-19(11-13-25-15-21(22)27)26-28(20)18-9-7-17(8-10-18)16-5-4-6-16/h7-10,16,21,25H,4-6,11-15H2,1-3H3. The first-order valence-corrected chi connectivity index (χ1v) is 11.3. The molecule has 1 fully saturated rings. The second-order valence-electron chi connectivity index (χ2n) is 9.83. The van der Waals surface area contributed by atoms with Crippen LogP contribution in [0.15, 0.2) is 24.3 Å². The van der Waals surface area contributed by atoms with Crippen LogP contribution in [0.4, 0.5) is 4.79 Å². The number of carbonyl (C=O) groups is 1. The van der Waals surface area contributed by atoms with Gasteiger partial charge in [-0.25, -0.2) is 9.48 Å². The van der Waals surface area contributed by atoms with E-state index in [0.29, 0.717) is 6.54 Å². The van der Waals surface area contributed by atoms with Crippen molar-refractivity contribution in [3.8, 4) is 5.69 Å². The maximum Gasteiger partial charge on any atom is 0.410 e. The van der Waals surface area contributed by atoms with Gasteiger partial charge < -0.3 is 10.1 Å². The average molecular weight is 409 g/mol. The van der Waals surface area contributed by atoms with Crippen molar-refractivity contribution in [3.05, 3.63) is 46.8 Å². The van der Waals surface area contributed by atoms with Crippen molar-refractivity contribution >= 4 is 6.09 Å². The third-order valence-corrected chi connectivity index (χ3v) is 6.62. The van der Waals surface area contributed by atoms with E-state index < -0.39 is 5.60 Å². The van der Waals surface area contributed by atoms with Crippen LogP contribution >= 0.6 is 0 Å². The highest BCUT2D eigenvalue weighted by Crippen LogP contribution is 2.38. The number of amides is 1. The van der Waals surface area contributed by atoms with Gasteiger partial charge in [0.25, 0.3) is 0 Å². The smallest absolute Gasteiger partial charge is 0.410 e. The van der Waals surface area contributed by atoms with E-state index in [9.17, 15) is 4.79 Å². The molecule has 0 bridgehead atoms. The van der Waals surface area contributed by atoms with E-state index in [-0.39, 0.29) is 12.1 Å². The van der Waals surface area contributed by atoms with Crippen molar-refractivity contribution in [1.82, 2.24) is 20.0 Å². The molecule has 1 aromatic carbocycles. The molecule has 3 aliphatic rings. The normalized spacial score (nSPS) is 21.6. The van der Waals surface area contributed by atoms with Gasteiger partial charge in [-0.3, -0.25) is 4.90 Å². The summed E-state index contributed by atoms with van der Waals surface area (Å²) in [6.45, 7) is 8.03. The summed E-state index contributed by atoms with van der Waals surface area (Å²) in [6, 6.07) is 8.94. The third-order valence-electron chi connectivity index (χ3n) is 6.62. The Morgan fingerprint density at radius 3 is 2.60 bits per heavy atom. The first-order chi connectivity index (χ1) is 14.4. The van der Waals surface area contributed by atoms with Crippen molar-refractivity contribution in [2.45, 2.75) is 70.4 Å². The molecular weight excluding hydrogens is 376 g/mol. The molecule has 0 radical (unpaired) electrons. The zero-order chi connectivity index (χ0) is 20.9. The minimum atomic E-state index is -0.495. The highest BCUT2D eigenvalue weighted by Gasteiger charge is 2.39. The number of carbonyl (C=O) groups excluding carboxylic acids is 1. The second-order valence-corrected chi connectivity index (χ2v) is 9.83. The Labute approximate surface area is 178 Å². The van der Waals surface area contributed by atoms with Crippen molar-refractivity contribution in [3.63, 3.8) is 0 Å². The second kappa shape index (κ2) is 7.41. The fourth-order valence-electron chi connectivity index (χ4n) is 4.90. The lowest BCUT2D eigenvalue weighted by Crippen LogP contribution is -2.46. The largest absolute Gasteiger partial charge is 0.444 e.